The van der Waals surface area contributed by atoms with Crippen LogP contribution in [0.1, 0.15) is 85.2 Å². The van der Waals surface area contributed by atoms with Crippen molar-refractivity contribution in [1.29, 1.82) is 0 Å². The second-order valence-electron chi connectivity index (χ2n) is 10.3. The van der Waals surface area contributed by atoms with Gasteiger partial charge in [0.2, 0.25) is 0 Å². The molecule has 0 N–H and O–H groups in total. The molecule has 0 bridgehead atoms. The second-order valence-corrected chi connectivity index (χ2v) is 10.3. The molecule has 210 valence electrons. The van der Waals surface area contributed by atoms with E-state index in [4.69, 9.17) is 28.4 Å². The fourth-order valence-electron chi connectivity index (χ4n) is 3.65. The van der Waals surface area contributed by atoms with E-state index in [2.05, 4.69) is 0 Å². The SMILES string of the molecule is COc1cc(OC(C)C)cc(/C=C/C(=O)c2c(OC(C)C)ccc(OC(C)C)c2OC(C)C)c1OC(C)C. The summed E-state index contributed by atoms with van der Waals surface area (Å²) in [4.78, 5) is 13.8. The first kappa shape index (κ1) is 30.9. The van der Waals surface area contributed by atoms with Crippen molar-refractivity contribution in [3.05, 3.63) is 41.5 Å². The van der Waals surface area contributed by atoms with E-state index in [0.29, 0.717) is 45.6 Å². The molecule has 2 rings (SSSR count). The van der Waals surface area contributed by atoms with Gasteiger partial charge in [-0.3, -0.25) is 4.79 Å². The number of hydrogen-bond acceptors (Lipinski definition) is 7. The molecule has 0 saturated carbocycles. The maximum atomic E-state index is 13.8. The van der Waals surface area contributed by atoms with Gasteiger partial charge in [0.1, 0.15) is 17.1 Å². The molecule has 0 amide bonds. The van der Waals surface area contributed by atoms with E-state index < -0.39 is 0 Å². The molecule has 0 aliphatic heterocycles. The second kappa shape index (κ2) is 14.0. The lowest BCUT2D eigenvalue weighted by atomic mass is 10.0. The highest BCUT2D eigenvalue weighted by Gasteiger charge is 2.24. The largest absolute Gasteiger partial charge is 0.493 e. The first-order valence-corrected chi connectivity index (χ1v) is 13.3. The third kappa shape index (κ3) is 8.89. The zero-order chi connectivity index (χ0) is 28.6. The first-order valence-electron chi connectivity index (χ1n) is 13.3. The third-order valence-electron chi connectivity index (χ3n) is 4.83. The lowest BCUT2D eigenvalue weighted by Crippen LogP contribution is -2.16. The summed E-state index contributed by atoms with van der Waals surface area (Å²) in [5.74, 6) is 2.62. The van der Waals surface area contributed by atoms with Gasteiger partial charge in [-0.1, -0.05) is 0 Å². The van der Waals surface area contributed by atoms with E-state index in [1.807, 2.05) is 75.3 Å². The summed E-state index contributed by atoms with van der Waals surface area (Å²) in [6.07, 6.45) is 2.60. The summed E-state index contributed by atoms with van der Waals surface area (Å²) < 4.78 is 35.7. The van der Waals surface area contributed by atoms with Crippen molar-refractivity contribution in [3.8, 4) is 34.5 Å². The fraction of sp³-hybridized carbons (Fsp3) is 0.516. The normalized spacial score (nSPS) is 11.7. The quantitative estimate of drug-likeness (QED) is 0.185. The first-order chi connectivity index (χ1) is 17.8. The average molecular weight is 529 g/mol. The maximum absolute atomic E-state index is 13.8. The lowest BCUT2D eigenvalue weighted by molar-refractivity contribution is 0.103. The monoisotopic (exact) mass is 528 g/mol. The highest BCUT2D eigenvalue weighted by molar-refractivity contribution is 6.11. The molecule has 0 fully saturated rings. The number of rotatable bonds is 14. The minimum Gasteiger partial charge on any atom is -0.493 e. The highest BCUT2D eigenvalue weighted by Crippen LogP contribution is 2.41. The van der Waals surface area contributed by atoms with Gasteiger partial charge in [-0.05, 0) is 99.6 Å². The Balaban J connectivity index is 2.69. The van der Waals surface area contributed by atoms with Crippen LogP contribution in [0.25, 0.3) is 6.08 Å². The Hall–Kier alpha value is -3.35. The van der Waals surface area contributed by atoms with Crippen LogP contribution in [-0.4, -0.2) is 43.4 Å². The Kier molecular flexibility index (Phi) is 11.4. The zero-order valence-electron chi connectivity index (χ0n) is 24.7. The van der Waals surface area contributed by atoms with Crippen LogP contribution < -0.4 is 28.4 Å². The Labute approximate surface area is 228 Å². The minimum atomic E-state index is -0.296. The van der Waals surface area contributed by atoms with E-state index in [1.165, 1.54) is 6.08 Å². The molecule has 0 spiro atoms. The summed E-state index contributed by atoms with van der Waals surface area (Å²) in [5.41, 5.74) is 0.948. The molecule has 7 heteroatoms. The van der Waals surface area contributed by atoms with Crippen molar-refractivity contribution in [3.63, 3.8) is 0 Å². The summed E-state index contributed by atoms with van der Waals surface area (Å²) >= 11 is 0. The molecule has 2 aromatic rings. The zero-order valence-corrected chi connectivity index (χ0v) is 24.7. The summed E-state index contributed by atoms with van der Waals surface area (Å²) in [6.45, 7) is 19.2. The van der Waals surface area contributed by atoms with Crippen LogP contribution in [0.2, 0.25) is 0 Å². The summed E-state index contributed by atoms with van der Waals surface area (Å²) in [6, 6.07) is 7.15. The number of benzene rings is 2. The van der Waals surface area contributed by atoms with Crippen LogP contribution in [0, 0.1) is 0 Å². The van der Waals surface area contributed by atoms with Crippen molar-refractivity contribution in [2.75, 3.05) is 7.11 Å². The number of carbonyl (C=O) groups is 1. The molecule has 0 radical (unpaired) electrons. The van der Waals surface area contributed by atoms with Gasteiger partial charge in [0.15, 0.2) is 28.8 Å². The van der Waals surface area contributed by atoms with E-state index in [1.54, 1.807) is 31.4 Å². The van der Waals surface area contributed by atoms with Gasteiger partial charge in [0.25, 0.3) is 0 Å². The molecule has 0 aromatic heterocycles. The molecule has 0 aliphatic rings. The number of ether oxygens (including phenoxy) is 6. The predicted molar refractivity (Wildman–Crippen MR) is 152 cm³/mol. The molecule has 0 unspecified atom stereocenters. The van der Waals surface area contributed by atoms with Gasteiger partial charge >= 0.3 is 0 Å². The van der Waals surface area contributed by atoms with E-state index in [-0.39, 0.29) is 36.3 Å². The van der Waals surface area contributed by atoms with Crippen molar-refractivity contribution in [2.45, 2.75) is 99.8 Å². The topological polar surface area (TPSA) is 72.5 Å². The predicted octanol–water partition coefficient (Wildman–Crippen LogP) is 7.53. The van der Waals surface area contributed by atoms with Crippen LogP contribution in [-0.2, 0) is 0 Å². The van der Waals surface area contributed by atoms with Crippen LogP contribution in [0.3, 0.4) is 0 Å². The summed E-state index contributed by atoms with van der Waals surface area (Å²) in [5, 5.41) is 0. The van der Waals surface area contributed by atoms with Gasteiger partial charge in [0.05, 0.1) is 37.6 Å². The van der Waals surface area contributed by atoms with Gasteiger partial charge in [-0.15, -0.1) is 0 Å². The van der Waals surface area contributed by atoms with E-state index >= 15 is 0 Å². The molecule has 2 aromatic carbocycles. The van der Waals surface area contributed by atoms with E-state index in [0.717, 1.165) is 0 Å². The molecule has 7 nitrogen and oxygen atoms in total. The highest BCUT2D eigenvalue weighted by atomic mass is 16.5. The smallest absolute Gasteiger partial charge is 0.193 e. The van der Waals surface area contributed by atoms with Gasteiger partial charge in [0, 0.05) is 11.6 Å². The van der Waals surface area contributed by atoms with Crippen molar-refractivity contribution in [2.24, 2.45) is 0 Å². The van der Waals surface area contributed by atoms with Gasteiger partial charge < -0.3 is 28.4 Å². The minimum absolute atomic E-state index is 0.0368. The van der Waals surface area contributed by atoms with Crippen molar-refractivity contribution >= 4 is 11.9 Å². The standard InChI is InChI=1S/C31H44O7/c1-18(2)34-24-16-23(30(37-21(7)8)28(17-24)33-11)12-13-25(32)29-26(35-19(3)4)14-15-27(36-20(5)6)31(29)38-22(9)10/h12-22H,1-11H3/b13-12+. The van der Waals surface area contributed by atoms with Crippen molar-refractivity contribution in [1.82, 2.24) is 0 Å². The summed E-state index contributed by atoms with van der Waals surface area (Å²) in [7, 11) is 1.58. The molecule has 0 atom stereocenters. The Morgan fingerprint density at radius 1 is 0.632 bits per heavy atom. The molecule has 0 aliphatic carbocycles. The van der Waals surface area contributed by atoms with Gasteiger partial charge in [-0.25, -0.2) is 0 Å². The molecular weight excluding hydrogens is 484 g/mol. The fourth-order valence-corrected chi connectivity index (χ4v) is 3.65. The molecular formula is C31H44O7. The maximum Gasteiger partial charge on any atom is 0.193 e. The van der Waals surface area contributed by atoms with E-state index in [9.17, 15) is 4.79 Å². The number of hydrogen-bond donors (Lipinski definition) is 0. The van der Waals surface area contributed by atoms with Crippen molar-refractivity contribution < 1.29 is 33.2 Å². The van der Waals surface area contributed by atoms with Crippen LogP contribution in [0.15, 0.2) is 30.3 Å². The molecule has 0 heterocycles. The number of methoxy groups -OCH3 is 1. The van der Waals surface area contributed by atoms with Crippen LogP contribution in [0.4, 0.5) is 0 Å². The Morgan fingerprint density at radius 3 is 1.66 bits per heavy atom. The number of allylic oxidation sites excluding steroid dienone is 1. The number of ketones is 1. The lowest BCUT2D eigenvalue weighted by Gasteiger charge is -2.22. The van der Waals surface area contributed by atoms with Crippen LogP contribution >= 0.6 is 0 Å². The van der Waals surface area contributed by atoms with Crippen LogP contribution in [0.5, 0.6) is 34.5 Å². The molecule has 38 heavy (non-hydrogen) atoms. The average Bonchev–Trinajstić information content (AvgIpc) is 2.78. The van der Waals surface area contributed by atoms with Gasteiger partial charge in [-0.2, -0.15) is 0 Å². The number of carbonyl (C=O) groups excluding carboxylic acids is 1. The Morgan fingerprint density at radius 2 is 1.13 bits per heavy atom. The third-order valence-corrected chi connectivity index (χ3v) is 4.83. The molecule has 0 saturated heterocycles. The Bertz CT molecular complexity index is 1100.